The zero-order chi connectivity index (χ0) is 27.3. The number of unbranched alkanes of at least 4 members (excludes halogenated alkanes) is 2. The molecule has 4 rings (SSSR count). The van der Waals surface area contributed by atoms with Crippen molar-refractivity contribution in [3.63, 3.8) is 0 Å². The van der Waals surface area contributed by atoms with Crippen LogP contribution in [0.15, 0.2) is 11.6 Å². The smallest absolute Gasteiger partial charge is 0.130 e. The van der Waals surface area contributed by atoms with Crippen molar-refractivity contribution in [2.75, 3.05) is 11.5 Å². The predicted molar refractivity (Wildman–Crippen MR) is 168 cm³/mol. The van der Waals surface area contributed by atoms with Crippen molar-refractivity contribution in [3.8, 4) is 0 Å². The van der Waals surface area contributed by atoms with E-state index in [0.29, 0.717) is 16.6 Å². The molecule has 0 N–H and O–H groups in total. The summed E-state index contributed by atoms with van der Waals surface area (Å²) < 4.78 is 0. The Kier molecular flexibility index (Phi) is 11.0. The molecule has 0 spiro atoms. The standard InChI is InChI=1S/C36H62OS/c1-26(2)11-10-12-27(3)32-16-17-33-31-15-14-30-25-29(13-8-7-9-23-38-24-20-28(4)37)18-21-35(30,5)34(31)19-22-36(32,33)6/h14,26-27,29,31-34H,7-13,15-25H2,1-6H3. The van der Waals surface area contributed by atoms with Gasteiger partial charge in [-0.3, -0.25) is 4.79 Å². The van der Waals surface area contributed by atoms with E-state index < -0.39 is 0 Å². The third kappa shape index (κ3) is 6.97. The molecular weight excluding hydrogens is 480 g/mol. The molecule has 3 fully saturated rings. The molecule has 0 aromatic heterocycles. The van der Waals surface area contributed by atoms with Gasteiger partial charge in [0.25, 0.3) is 0 Å². The summed E-state index contributed by atoms with van der Waals surface area (Å²) in [6.07, 6.45) is 25.2. The molecule has 1 nitrogen and oxygen atoms in total. The fraction of sp³-hybridized carbons (Fsp3) is 0.917. The average molecular weight is 543 g/mol. The molecule has 3 saturated carbocycles. The topological polar surface area (TPSA) is 17.1 Å². The van der Waals surface area contributed by atoms with Crippen LogP contribution in [0.2, 0.25) is 0 Å². The number of hydrogen-bond donors (Lipinski definition) is 0. The van der Waals surface area contributed by atoms with Crippen LogP contribution in [-0.2, 0) is 4.79 Å². The Morgan fingerprint density at radius 1 is 0.947 bits per heavy atom. The first-order valence-electron chi connectivity index (χ1n) is 16.9. The number of hydrogen-bond acceptors (Lipinski definition) is 2. The molecule has 0 amide bonds. The molecule has 4 aliphatic carbocycles. The van der Waals surface area contributed by atoms with Gasteiger partial charge in [0.1, 0.15) is 5.78 Å². The number of Topliss-reactive ketones (excluding diaryl/α,β-unsaturated/α-hetero) is 1. The number of ketones is 1. The van der Waals surface area contributed by atoms with Crippen LogP contribution in [0.25, 0.3) is 0 Å². The van der Waals surface area contributed by atoms with E-state index in [2.05, 4.69) is 40.7 Å². The van der Waals surface area contributed by atoms with Crippen LogP contribution < -0.4 is 0 Å². The molecule has 0 saturated heterocycles. The first-order valence-corrected chi connectivity index (χ1v) is 18.1. The van der Waals surface area contributed by atoms with E-state index in [1.807, 2.05) is 17.3 Å². The maximum absolute atomic E-state index is 11.1. The fourth-order valence-electron chi connectivity index (χ4n) is 10.1. The van der Waals surface area contributed by atoms with E-state index in [9.17, 15) is 4.79 Å². The highest BCUT2D eigenvalue weighted by atomic mass is 32.2. The second kappa shape index (κ2) is 13.6. The lowest BCUT2D eigenvalue weighted by atomic mass is 9.46. The van der Waals surface area contributed by atoms with Gasteiger partial charge in [-0.25, -0.2) is 0 Å². The van der Waals surface area contributed by atoms with Gasteiger partial charge in [-0.15, -0.1) is 0 Å². The molecular formula is C36H62OS. The predicted octanol–water partition coefficient (Wildman–Crippen LogP) is 10.9. The van der Waals surface area contributed by atoms with Gasteiger partial charge >= 0.3 is 0 Å². The van der Waals surface area contributed by atoms with Crippen molar-refractivity contribution in [1.29, 1.82) is 0 Å². The third-order valence-electron chi connectivity index (χ3n) is 12.4. The number of carbonyl (C=O) groups is 1. The van der Waals surface area contributed by atoms with Crippen molar-refractivity contribution in [1.82, 2.24) is 0 Å². The lowest BCUT2D eigenvalue weighted by Crippen LogP contribution is -2.50. The minimum atomic E-state index is 0.335. The highest BCUT2D eigenvalue weighted by molar-refractivity contribution is 7.99. The summed E-state index contributed by atoms with van der Waals surface area (Å²) in [5, 5.41) is 0. The zero-order valence-electron chi connectivity index (χ0n) is 26.2. The van der Waals surface area contributed by atoms with Crippen molar-refractivity contribution >= 4 is 17.5 Å². The number of thioether (sulfide) groups is 1. The van der Waals surface area contributed by atoms with Crippen LogP contribution in [0.3, 0.4) is 0 Å². The lowest BCUT2D eigenvalue weighted by Gasteiger charge is -2.58. The van der Waals surface area contributed by atoms with Crippen molar-refractivity contribution in [3.05, 3.63) is 11.6 Å². The van der Waals surface area contributed by atoms with Crippen LogP contribution in [0.4, 0.5) is 0 Å². The number of carbonyl (C=O) groups excluding carboxylic acids is 1. The maximum Gasteiger partial charge on any atom is 0.130 e. The normalized spacial score (nSPS) is 37.3. The Labute approximate surface area is 241 Å². The summed E-state index contributed by atoms with van der Waals surface area (Å²) in [7, 11) is 0. The molecule has 0 radical (unpaired) electrons. The van der Waals surface area contributed by atoms with E-state index >= 15 is 0 Å². The number of rotatable bonds is 14. The monoisotopic (exact) mass is 542 g/mol. The highest BCUT2D eigenvalue weighted by Gasteiger charge is 2.59. The van der Waals surface area contributed by atoms with Crippen LogP contribution >= 0.6 is 11.8 Å². The van der Waals surface area contributed by atoms with E-state index in [0.717, 1.165) is 53.6 Å². The molecule has 0 heterocycles. The highest BCUT2D eigenvalue weighted by Crippen LogP contribution is 2.67. The lowest BCUT2D eigenvalue weighted by molar-refractivity contribution is -0.116. The van der Waals surface area contributed by atoms with Crippen LogP contribution in [0, 0.1) is 52.3 Å². The molecule has 8 atom stereocenters. The largest absolute Gasteiger partial charge is 0.300 e. The Bertz CT molecular complexity index is 799. The first-order chi connectivity index (χ1) is 18.1. The molecule has 38 heavy (non-hydrogen) atoms. The minimum Gasteiger partial charge on any atom is -0.300 e. The molecule has 8 unspecified atom stereocenters. The Morgan fingerprint density at radius 2 is 1.76 bits per heavy atom. The summed E-state index contributed by atoms with van der Waals surface area (Å²) in [6, 6.07) is 0. The van der Waals surface area contributed by atoms with Gasteiger partial charge < -0.3 is 0 Å². The third-order valence-corrected chi connectivity index (χ3v) is 13.5. The van der Waals surface area contributed by atoms with E-state index in [4.69, 9.17) is 0 Å². The van der Waals surface area contributed by atoms with Crippen LogP contribution in [0.1, 0.15) is 144 Å². The summed E-state index contributed by atoms with van der Waals surface area (Å²) in [4.78, 5) is 11.1. The molecule has 0 bridgehead atoms. The molecule has 4 aliphatic rings. The maximum atomic E-state index is 11.1. The Morgan fingerprint density at radius 3 is 2.53 bits per heavy atom. The molecule has 0 aromatic carbocycles. The van der Waals surface area contributed by atoms with E-state index in [-0.39, 0.29) is 0 Å². The second-order valence-corrected chi connectivity index (χ2v) is 16.5. The summed E-state index contributed by atoms with van der Waals surface area (Å²) in [5.74, 6) is 9.19. The first kappa shape index (κ1) is 30.7. The molecule has 2 heteroatoms. The quantitative estimate of drug-likeness (QED) is 0.160. The van der Waals surface area contributed by atoms with Gasteiger partial charge in [-0.2, -0.15) is 11.8 Å². The van der Waals surface area contributed by atoms with Crippen molar-refractivity contribution < 1.29 is 4.79 Å². The number of allylic oxidation sites excluding steroid dienone is 2. The SMILES string of the molecule is CC(=O)CCSCCCCCC1CCC2(C)C(=CCC3C2CCC2(C)C(C(C)CCCC(C)C)CCC32)C1. The molecule has 0 aromatic rings. The van der Waals surface area contributed by atoms with Crippen molar-refractivity contribution in [2.24, 2.45) is 52.3 Å². The van der Waals surface area contributed by atoms with Gasteiger partial charge in [0, 0.05) is 12.2 Å². The van der Waals surface area contributed by atoms with Crippen molar-refractivity contribution in [2.45, 2.75) is 144 Å². The Hall–Kier alpha value is -0.240. The van der Waals surface area contributed by atoms with Gasteiger partial charge in [0.15, 0.2) is 0 Å². The van der Waals surface area contributed by atoms with Gasteiger partial charge in [-0.1, -0.05) is 84.8 Å². The number of fused-ring (bicyclic) bond motifs is 5. The molecule has 0 aliphatic heterocycles. The van der Waals surface area contributed by atoms with Gasteiger partial charge in [-0.05, 0) is 123 Å². The van der Waals surface area contributed by atoms with Crippen LogP contribution in [-0.4, -0.2) is 17.3 Å². The van der Waals surface area contributed by atoms with Gasteiger partial charge in [0.05, 0.1) is 0 Å². The second-order valence-electron chi connectivity index (χ2n) is 15.3. The van der Waals surface area contributed by atoms with Crippen LogP contribution in [0.5, 0.6) is 0 Å². The van der Waals surface area contributed by atoms with Gasteiger partial charge in [0.2, 0.25) is 0 Å². The zero-order valence-corrected chi connectivity index (χ0v) is 27.0. The minimum absolute atomic E-state index is 0.335. The van der Waals surface area contributed by atoms with E-state index in [1.165, 1.54) is 102 Å². The summed E-state index contributed by atoms with van der Waals surface area (Å²) in [6.45, 7) is 14.5. The average Bonchev–Trinajstić information content (AvgIpc) is 3.22. The molecule has 218 valence electrons. The summed E-state index contributed by atoms with van der Waals surface area (Å²) >= 11 is 1.97. The Balaban J connectivity index is 1.27. The summed E-state index contributed by atoms with van der Waals surface area (Å²) in [5.41, 5.74) is 3.01. The fourth-order valence-corrected chi connectivity index (χ4v) is 11.2. The van der Waals surface area contributed by atoms with E-state index in [1.54, 1.807) is 6.92 Å².